The van der Waals surface area contributed by atoms with Gasteiger partial charge in [-0.3, -0.25) is 5.41 Å². The van der Waals surface area contributed by atoms with E-state index in [0.29, 0.717) is 5.69 Å². The maximum Gasteiger partial charge on any atom is 0.161 e. The molecule has 2 aliphatic rings. The van der Waals surface area contributed by atoms with Gasteiger partial charge < -0.3 is 4.90 Å². The van der Waals surface area contributed by atoms with Crippen molar-refractivity contribution in [2.24, 2.45) is 0 Å². The number of nitrogens with zero attached hydrogens (tertiary/aromatic N) is 1. The second-order valence-electron chi connectivity index (χ2n) is 4.57. The molecule has 0 radical (unpaired) electrons. The average molecular weight is 321 g/mol. The smallest absolute Gasteiger partial charge is 0.161 e. The largest absolute Gasteiger partial charge is 0.316 e. The molecule has 2 atom stereocenters. The molecular formula is C11H10ClFN2O2S2. The summed E-state index contributed by atoms with van der Waals surface area (Å²) in [5.41, 5.74) is 0.476. The number of hydrogen-bond acceptors (Lipinski definition) is 4. The lowest BCUT2D eigenvalue weighted by Crippen LogP contribution is -2.37. The molecule has 0 saturated carbocycles. The van der Waals surface area contributed by atoms with Gasteiger partial charge in [0.2, 0.25) is 0 Å². The third kappa shape index (κ3) is 2.23. The first-order chi connectivity index (χ1) is 8.87. The summed E-state index contributed by atoms with van der Waals surface area (Å²) in [6, 6.07) is 3.97. The van der Waals surface area contributed by atoms with Gasteiger partial charge in [-0.2, -0.15) is 0 Å². The Morgan fingerprint density at radius 3 is 2.84 bits per heavy atom. The molecule has 3 rings (SSSR count). The molecule has 102 valence electrons. The van der Waals surface area contributed by atoms with Crippen molar-refractivity contribution >= 4 is 44.1 Å². The Morgan fingerprint density at radius 1 is 1.42 bits per heavy atom. The number of benzene rings is 1. The average Bonchev–Trinajstić information content (AvgIpc) is 2.73. The lowest BCUT2D eigenvalue weighted by Gasteiger charge is -2.23. The Labute approximate surface area is 119 Å². The molecule has 19 heavy (non-hydrogen) atoms. The van der Waals surface area contributed by atoms with Crippen molar-refractivity contribution in [3.05, 3.63) is 29.0 Å². The molecule has 2 saturated heterocycles. The quantitative estimate of drug-likeness (QED) is 0.861. The maximum atomic E-state index is 13.5. The molecule has 1 aromatic rings. The van der Waals surface area contributed by atoms with E-state index in [4.69, 9.17) is 17.0 Å². The minimum Gasteiger partial charge on any atom is -0.316 e. The Morgan fingerprint density at radius 2 is 2.16 bits per heavy atom. The molecule has 0 spiro atoms. The van der Waals surface area contributed by atoms with Gasteiger partial charge in [-0.1, -0.05) is 23.4 Å². The molecule has 0 aromatic heterocycles. The van der Waals surface area contributed by atoms with Crippen molar-refractivity contribution in [3.8, 4) is 0 Å². The van der Waals surface area contributed by atoms with E-state index >= 15 is 0 Å². The molecule has 8 heteroatoms. The third-order valence-electron chi connectivity index (χ3n) is 3.27. The van der Waals surface area contributed by atoms with Crippen LogP contribution in [0.25, 0.3) is 0 Å². The predicted octanol–water partition coefficient (Wildman–Crippen LogP) is 2.13. The van der Waals surface area contributed by atoms with Crippen LogP contribution >= 0.6 is 23.4 Å². The first kappa shape index (κ1) is 13.2. The summed E-state index contributed by atoms with van der Waals surface area (Å²) in [5, 5.41) is 8.06. The van der Waals surface area contributed by atoms with Crippen molar-refractivity contribution in [3.63, 3.8) is 0 Å². The summed E-state index contributed by atoms with van der Waals surface area (Å²) >= 11 is 6.86. The Balaban J connectivity index is 1.99. The van der Waals surface area contributed by atoms with Gasteiger partial charge in [0.05, 0.1) is 22.6 Å². The van der Waals surface area contributed by atoms with Crippen LogP contribution in [-0.4, -0.2) is 36.4 Å². The van der Waals surface area contributed by atoms with Gasteiger partial charge in [-0.25, -0.2) is 12.8 Å². The van der Waals surface area contributed by atoms with Crippen LogP contribution in [0.3, 0.4) is 0 Å². The van der Waals surface area contributed by atoms with Crippen LogP contribution in [0.2, 0.25) is 5.02 Å². The van der Waals surface area contributed by atoms with Crippen molar-refractivity contribution in [2.45, 2.75) is 11.3 Å². The Bertz CT molecular complexity index is 665. The summed E-state index contributed by atoms with van der Waals surface area (Å²) < 4.78 is 36.8. The Kier molecular flexibility index (Phi) is 3.03. The van der Waals surface area contributed by atoms with Crippen LogP contribution in [0.15, 0.2) is 18.2 Å². The number of rotatable bonds is 1. The second-order valence-corrected chi connectivity index (χ2v) is 8.36. The molecule has 0 amide bonds. The molecule has 4 nitrogen and oxygen atoms in total. The minimum atomic E-state index is -3.07. The fourth-order valence-corrected chi connectivity index (χ4v) is 6.35. The zero-order chi connectivity index (χ0) is 13.8. The summed E-state index contributed by atoms with van der Waals surface area (Å²) in [7, 11) is -3.07. The molecule has 2 unspecified atom stereocenters. The van der Waals surface area contributed by atoms with Crippen LogP contribution in [0.5, 0.6) is 0 Å². The minimum absolute atomic E-state index is 0.0112. The molecule has 0 aliphatic carbocycles. The number of thioether (sulfide) groups is 1. The van der Waals surface area contributed by atoms with Crippen molar-refractivity contribution in [2.75, 3.05) is 16.4 Å². The van der Waals surface area contributed by atoms with Gasteiger partial charge in [0.15, 0.2) is 15.0 Å². The van der Waals surface area contributed by atoms with Gasteiger partial charge in [-0.05, 0) is 18.2 Å². The van der Waals surface area contributed by atoms with Crippen molar-refractivity contribution in [1.82, 2.24) is 0 Å². The molecule has 2 heterocycles. The lowest BCUT2D eigenvalue weighted by molar-refractivity contribution is 0.601. The zero-order valence-corrected chi connectivity index (χ0v) is 12.0. The fourth-order valence-electron chi connectivity index (χ4n) is 2.44. The molecule has 1 N–H and O–H groups in total. The van der Waals surface area contributed by atoms with Gasteiger partial charge in [-0.15, -0.1) is 0 Å². The van der Waals surface area contributed by atoms with Gasteiger partial charge in [0.25, 0.3) is 0 Å². The summed E-state index contributed by atoms with van der Waals surface area (Å²) in [5.74, 6) is -0.476. The van der Waals surface area contributed by atoms with Crippen LogP contribution in [-0.2, 0) is 9.84 Å². The number of anilines is 1. The normalized spacial score (nSPS) is 28.7. The predicted molar refractivity (Wildman–Crippen MR) is 75.4 cm³/mol. The number of hydrogen-bond donors (Lipinski definition) is 1. The zero-order valence-electron chi connectivity index (χ0n) is 9.64. The number of halogens is 2. The number of fused-ring (bicyclic) bond motifs is 1. The van der Waals surface area contributed by atoms with Crippen LogP contribution in [0, 0.1) is 11.2 Å². The van der Waals surface area contributed by atoms with Crippen molar-refractivity contribution in [1.29, 1.82) is 5.41 Å². The number of nitrogens with one attached hydrogen (secondary N) is 1. The highest BCUT2D eigenvalue weighted by Gasteiger charge is 2.48. The first-order valence-electron chi connectivity index (χ1n) is 5.57. The maximum absolute atomic E-state index is 13.5. The van der Waals surface area contributed by atoms with Gasteiger partial charge >= 0.3 is 0 Å². The first-order valence-corrected chi connectivity index (χ1v) is 8.65. The fraction of sp³-hybridized carbons (Fsp3) is 0.364. The van der Waals surface area contributed by atoms with Crippen LogP contribution in [0.1, 0.15) is 0 Å². The monoisotopic (exact) mass is 320 g/mol. The highest BCUT2D eigenvalue weighted by atomic mass is 35.5. The SMILES string of the molecule is N=C1SC2CS(=O)(=O)CC2N1c1ccc(Cl)c(F)c1. The highest BCUT2D eigenvalue weighted by molar-refractivity contribution is 8.15. The van der Waals surface area contributed by atoms with E-state index in [1.807, 2.05) is 0 Å². The van der Waals surface area contributed by atoms with E-state index < -0.39 is 15.7 Å². The van der Waals surface area contributed by atoms with Gasteiger partial charge in [0.1, 0.15) is 5.82 Å². The van der Waals surface area contributed by atoms with Crippen LogP contribution < -0.4 is 4.90 Å². The number of amidine groups is 1. The molecule has 1 aromatic carbocycles. The summed E-state index contributed by atoms with van der Waals surface area (Å²) in [4.78, 5) is 1.58. The molecule has 2 fully saturated rings. The van der Waals surface area contributed by atoms with E-state index in [1.54, 1.807) is 11.0 Å². The topological polar surface area (TPSA) is 61.2 Å². The third-order valence-corrected chi connectivity index (χ3v) is 6.70. The highest BCUT2D eigenvalue weighted by Crippen LogP contribution is 2.40. The van der Waals surface area contributed by atoms with Crippen molar-refractivity contribution < 1.29 is 12.8 Å². The molecule has 0 bridgehead atoms. The van der Waals surface area contributed by atoms with E-state index in [1.165, 1.54) is 23.9 Å². The van der Waals surface area contributed by atoms with Crippen LogP contribution in [0.4, 0.5) is 10.1 Å². The van der Waals surface area contributed by atoms with E-state index in [2.05, 4.69) is 0 Å². The molecular weight excluding hydrogens is 311 g/mol. The second kappa shape index (κ2) is 4.36. The summed E-state index contributed by atoms with van der Waals surface area (Å²) in [6.45, 7) is 0. The standard InChI is InChI=1S/C11H10ClFN2O2S2/c12-7-2-1-6(3-8(7)13)15-9-4-19(16,17)5-10(9)18-11(15)14/h1-3,9-10,14H,4-5H2. The molecule has 2 aliphatic heterocycles. The Hall–Kier alpha value is -0.790. The summed E-state index contributed by atoms with van der Waals surface area (Å²) in [6.07, 6.45) is 0. The lowest BCUT2D eigenvalue weighted by atomic mass is 10.2. The number of sulfone groups is 1. The van der Waals surface area contributed by atoms with E-state index in [-0.39, 0.29) is 33.0 Å². The van der Waals surface area contributed by atoms with Gasteiger partial charge in [0, 0.05) is 10.9 Å². The van der Waals surface area contributed by atoms with E-state index in [0.717, 1.165) is 0 Å². The van der Waals surface area contributed by atoms with E-state index in [9.17, 15) is 12.8 Å².